The molecule has 0 unspecified atom stereocenters. The Balaban J connectivity index is 2.41. The van der Waals surface area contributed by atoms with E-state index in [0.29, 0.717) is 11.4 Å². The van der Waals surface area contributed by atoms with Crippen molar-refractivity contribution in [1.29, 1.82) is 0 Å². The minimum atomic E-state index is -0.995. The molecule has 6 heteroatoms. The van der Waals surface area contributed by atoms with E-state index in [1.54, 1.807) is 18.8 Å². The molecule has 2 heterocycles. The number of ether oxygens (including phenoxy) is 1. The molecule has 108 valence electrons. The van der Waals surface area contributed by atoms with Gasteiger partial charge in [-0.3, -0.25) is 4.68 Å². The highest BCUT2D eigenvalue weighted by atomic mass is 16.5. The normalized spacial score (nSPS) is 11.0. The maximum atomic E-state index is 11.4. The van der Waals surface area contributed by atoms with Gasteiger partial charge < -0.3 is 14.4 Å². The molecule has 0 bridgehead atoms. The van der Waals surface area contributed by atoms with Gasteiger partial charge in [0.05, 0.1) is 29.9 Å². The lowest BCUT2D eigenvalue weighted by Gasteiger charge is -2.06. The summed E-state index contributed by atoms with van der Waals surface area (Å²) in [5.74, 6) is -0.286. The van der Waals surface area contributed by atoms with E-state index in [1.807, 2.05) is 36.0 Å². The van der Waals surface area contributed by atoms with E-state index in [1.165, 1.54) is 6.20 Å². The van der Waals surface area contributed by atoms with Crippen LogP contribution < -0.4 is 4.74 Å². The van der Waals surface area contributed by atoms with Gasteiger partial charge in [-0.25, -0.2) is 4.79 Å². The maximum Gasteiger partial charge on any atom is 0.339 e. The fourth-order valence-corrected chi connectivity index (χ4v) is 2.68. The highest BCUT2D eigenvalue weighted by molar-refractivity contribution is 6.04. The number of hydrogen-bond acceptors (Lipinski definition) is 3. The van der Waals surface area contributed by atoms with Gasteiger partial charge in [-0.2, -0.15) is 5.10 Å². The van der Waals surface area contributed by atoms with Crippen LogP contribution in [0.3, 0.4) is 0 Å². The minimum absolute atomic E-state index is 0.177. The zero-order valence-corrected chi connectivity index (χ0v) is 12.0. The third-order valence-corrected chi connectivity index (χ3v) is 3.62. The summed E-state index contributed by atoms with van der Waals surface area (Å²) in [7, 11) is 5.25. The van der Waals surface area contributed by atoms with Crippen molar-refractivity contribution in [2.45, 2.75) is 0 Å². The number of hydrogen-bond donors (Lipinski definition) is 1. The summed E-state index contributed by atoms with van der Waals surface area (Å²) >= 11 is 0. The lowest BCUT2D eigenvalue weighted by atomic mass is 10.1. The molecule has 0 fully saturated rings. The number of carboxylic acid groups (broad SMARTS) is 1. The number of aromatic nitrogens is 3. The number of rotatable bonds is 3. The lowest BCUT2D eigenvalue weighted by molar-refractivity contribution is 0.0697. The smallest absolute Gasteiger partial charge is 0.339 e. The van der Waals surface area contributed by atoms with E-state index in [2.05, 4.69) is 5.10 Å². The van der Waals surface area contributed by atoms with Gasteiger partial charge in [-0.1, -0.05) is 6.07 Å². The average molecular weight is 285 g/mol. The Labute approximate surface area is 121 Å². The lowest BCUT2D eigenvalue weighted by Crippen LogP contribution is -2.00. The fraction of sp³-hybridized carbons (Fsp3) is 0.200. The van der Waals surface area contributed by atoms with Crippen LogP contribution in [0.15, 0.2) is 30.6 Å². The molecule has 1 N–H and O–H groups in total. The van der Waals surface area contributed by atoms with Crippen molar-refractivity contribution in [3.05, 3.63) is 36.2 Å². The second-order valence-corrected chi connectivity index (χ2v) is 4.84. The van der Waals surface area contributed by atoms with E-state index in [-0.39, 0.29) is 5.56 Å². The fourth-order valence-electron chi connectivity index (χ4n) is 2.68. The zero-order chi connectivity index (χ0) is 15.1. The second kappa shape index (κ2) is 4.66. The molecule has 0 saturated heterocycles. The first-order chi connectivity index (χ1) is 10.0. The summed E-state index contributed by atoms with van der Waals surface area (Å²) in [6, 6.07) is 5.74. The number of carboxylic acids is 1. The SMILES string of the molecule is COc1cccc2c1c(-c1c(C(=O)O)cnn1C)cn2C. The van der Waals surface area contributed by atoms with E-state index in [9.17, 15) is 9.90 Å². The standard InChI is InChI=1S/C15H15N3O3/c1-17-8-10(13-11(17)5-4-6-12(13)21-3)14-9(15(19)20)7-16-18(14)2/h4-8H,1-3H3,(H,19,20). The quantitative estimate of drug-likeness (QED) is 0.801. The molecule has 3 aromatic rings. The maximum absolute atomic E-state index is 11.4. The van der Waals surface area contributed by atoms with Gasteiger partial charge in [0.15, 0.2) is 0 Å². The number of aromatic carboxylic acids is 1. The molecule has 3 rings (SSSR count). The molecule has 0 spiro atoms. The van der Waals surface area contributed by atoms with E-state index in [4.69, 9.17) is 4.74 Å². The van der Waals surface area contributed by atoms with Gasteiger partial charge in [0.1, 0.15) is 11.3 Å². The van der Waals surface area contributed by atoms with Crippen LogP contribution in [0.4, 0.5) is 0 Å². The molecule has 0 atom stereocenters. The molecule has 0 amide bonds. The molecular formula is C15H15N3O3. The Bertz CT molecular complexity index is 845. The predicted molar refractivity (Wildman–Crippen MR) is 78.6 cm³/mol. The predicted octanol–water partition coefficient (Wildman–Crippen LogP) is 2.29. The van der Waals surface area contributed by atoms with E-state index >= 15 is 0 Å². The number of aryl methyl sites for hydroxylation is 2. The number of nitrogens with zero attached hydrogens (tertiary/aromatic N) is 3. The number of benzene rings is 1. The van der Waals surface area contributed by atoms with Crippen LogP contribution in [0.25, 0.3) is 22.2 Å². The Morgan fingerprint density at radius 2 is 2.10 bits per heavy atom. The number of methoxy groups -OCH3 is 1. The molecule has 1 aromatic carbocycles. The number of carbonyl (C=O) groups is 1. The second-order valence-electron chi connectivity index (χ2n) is 4.84. The van der Waals surface area contributed by atoms with Crippen molar-refractivity contribution in [3.8, 4) is 17.0 Å². The van der Waals surface area contributed by atoms with Gasteiger partial charge in [-0.05, 0) is 12.1 Å². The first-order valence-corrected chi connectivity index (χ1v) is 6.42. The van der Waals surface area contributed by atoms with E-state index < -0.39 is 5.97 Å². The Kier molecular flexibility index (Phi) is 2.94. The molecule has 0 saturated carbocycles. The summed E-state index contributed by atoms with van der Waals surface area (Å²) in [5.41, 5.74) is 2.51. The average Bonchev–Trinajstić information content (AvgIpc) is 3.00. The van der Waals surface area contributed by atoms with Gasteiger partial charge in [-0.15, -0.1) is 0 Å². The first kappa shape index (κ1) is 13.2. The van der Waals surface area contributed by atoms with Crippen LogP contribution in [0, 0.1) is 0 Å². The van der Waals surface area contributed by atoms with E-state index in [0.717, 1.165) is 16.5 Å². The summed E-state index contributed by atoms with van der Waals surface area (Å²) in [6.45, 7) is 0. The van der Waals surface area contributed by atoms with Crippen molar-refractivity contribution in [1.82, 2.24) is 14.3 Å². The van der Waals surface area contributed by atoms with Crippen LogP contribution >= 0.6 is 0 Å². The van der Waals surface area contributed by atoms with Gasteiger partial charge in [0, 0.05) is 25.9 Å². The molecular weight excluding hydrogens is 270 g/mol. The Morgan fingerprint density at radius 1 is 1.33 bits per heavy atom. The summed E-state index contributed by atoms with van der Waals surface area (Å²) in [6.07, 6.45) is 3.27. The number of fused-ring (bicyclic) bond motifs is 1. The van der Waals surface area contributed by atoms with Crippen molar-refractivity contribution >= 4 is 16.9 Å². The van der Waals surface area contributed by atoms with Crippen LogP contribution in [-0.2, 0) is 14.1 Å². The van der Waals surface area contributed by atoms with Gasteiger partial charge >= 0.3 is 5.97 Å². The first-order valence-electron chi connectivity index (χ1n) is 6.42. The van der Waals surface area contributed by atoms with Crippen molar-refractivity contribution in [2.75, 3.05) is 7.11 Å². The van der Waals surface area contributed by atoms with Crippen LogP contribution in [0.1, 0.15) is 10.4 Å². The monoisotopic (exact) mass is 285 g/mol. The van der Waals surface area contributed by atoms with Gasteiger partial charge in [0.2, 0.25) is 0 Å². The largest absolute Gasteiger partial charge is 0.496 e. The third kappa shape index (κ3) is 1.87. The molecule has 0 aliphatic carbocycles. The van der Waals surface area contributed by atoms with Gasteiger partial charge in [0.25, 0.3) is 0 Å². The van der Waals surface area contributed by atoms with Crippen molar-refractivity contribution in [2.24, 2.45) is 14.1 Å². The molecule has 0 radical (unpaired) electrons. The molecule has 0 aliphatic rings. The Hall–Kier alpha value is -2.76. The molecule has 21 heavy (non-hydrogen) atoms. The highest BCUT2D eigenvalue weighted by Crippen LogP contribution is 2.37. The molecule has 0 aliphatic heterocycles. The van der Waals surface area contributed by atoms with Crippen molar-refractivity contribution < 1.29 is 14.6 Å². The molecule has 6 nitrogen and oxygen atoms in total. The Morgan fingerprint density at radius 3 is 2.76 bits per heavy atom. The summed E-state index contributed by atoms with van der Waals surface area (Å²) < 4.78 is 8.95. The topological polar surface area (TPSA) is 69.3 Å². The minimum Gasteiger partial charge on any atom is -0.496 e. The van der Waals surface area contributed by atoms with Crippen molar-refractivity contribution in [3.63, 3.8) is 0 Å². The zero-order valence-electron chi connectivity index (χ0n) is 12.0. The molecule has 2 aromatic heterocycles. The third-order valence-electron chi connectivity index (χ3n) is 3.62. The summed E-state index contributed by atoms with van der Waals surface area (Å²) in [5, 5.41) is 14.3. The van der Waals surface area contributed by atoms with Crippen LogP contribution in [0.2, 0.25) is 0 Å². The van der Waals surface area contributed by atoms with Crippen LogP contribution in [-0.4, -0.2) is 32.5 Å². The summed E-state index contributed by atoms with van der Waals surface area (Å²) in [4.78, 5) is 11.4. The van der Waals surface area contributed by atoms with Crippen LogP contribution in [0.5, 0.6) is 5.75 Å². The highest BCUT2D eigenvalue weighted by Gasteiger charge is 2.22.